The monoisotopic (exact) mass is 482 g/mol. The fourth-order valence-corrected chi connectivity index (χ4v) is 5.14. The van der Waals surface area contributed by atoms with E-state index >= 15 is 0 Å². The van der Waals surface area contributed by atoms with Crippen LogP contribution < -0.4 is 10.1 Å². The van der Waals surface area contributed by atoms with Crippen LogP contribution in [0.15, 0.2) is 88.3 Å². The topological polar surface area (TPSA) is 33.6 Å². The number of allylic oxidation sites excluding steroid dienone is 2. The van der Waals surface area contributed by atoms with Crippen molar-refractivity contribution in [2.24, 2.45) is 10.9 Å². The van der Waals surface area contributed by atoms with Gasteiger partial charge in [-0.3, -0.25) is 4.99 Å². The summed E-state index contributed by atoms with van der Waals surface area (Å²) in [7, 11) is 0. The van der Waals surface area contributed by atoms with Crippen molar-refractivity contribution in [3.8, 4) is 18.1 Å². The van der Waals surface area contributed by atoms with Crippen LogP contribution in [0.5, 0.6) is 5.75 Å². The van der Waals surface area contributed by atoms with Crippen LogP contribution in [-0.4, -0.2) is 12.8 Å². The summed E-state index contributed by atoms with van der Waals surface area (Å²) in [4.78, 5) is 4.65. The van der Waals surface area contributed by atoms with Crippen LogP contribution in [0, 0.1) is 18.3 Å². The van der Waals surface area contributed by atoms with Gasteiger partial charge in [0.25, 0.3) is 0 Å². The zero-order valence-corrected chi connectivity index (χ0v) is 19.1. The summed E-state index contributed by atoms with van der Waals surface area (Å²) >= 11 is 3.52. The number of benzene rings is 3. The van der Waals surface area contributed by atoms with Gasteiger partial charge in [0, 0.05) is 17.8 Å². The van der Waals surface area contributed by atoms with E-state index in [1.807, 2.05) is 24.4 Å². The smallest absolute Gasteiger partial charge is 0.148 e. The fraction of sp³-hybridized carbons (Fsp3) is 0.179. The molecule has 3 aromatic rings. The molecule has 2 aliphatic rings. The van der Waals surface area contributed by atoms with E-state index < -0.39 is 0 Å². The second kappa shape index (κ2) is 9.06. The minimum Gasteiger partial charge on any atom is -0.480 e. The maximum absolute atomic E-state index is 5.49. The molecule has 3 atom stereocenters. The number of para-hydroxylation sites is 1. The van der Waals surface area contributed by atoms with E-state index in [0.717, 1.165) is 27.9 Å². The van der Waals surface area contributed by atoms with Crippen LogP contribution in [0.25, 0.3) is 0 Å². The summed E-state index contributed by atoms with van der Waals surface area (Å²) in [5.41, 5.74) is 5.86. The third kappa shape index (κ3) is 4.09. The van der Waals surface area contributed by atoms with Crippen LogP contribution in [0.1, 0.15) is 35.1 Å². The van der Waals surface area contributed by atoms with Gasteiger partial charge in [0.2, 0.25) is 0 Å². The summed E-state index contributed by atoms with van der Waals surface area (Å²) in [6.45, 7) is 0.248. The van der Waals surface area contributed by atoms with Crippen molar-refractivity contribution in [1.82, 2.24) is 0 Å². The lowest BCUT2D eigenvalue weighted by Crippen LogP contribution is -2.28. The van der Waals surface area contributed by atoms with Crippen molar-refractivity contribution >= 4 is 33.5 Å². The summed E-state index contributed by atoms with van der Waals surface area (Å²) in [6.07, 6.45) is 12.9. The highest BCUT2D eigenvalue weighted by molar-refractivity contribution is 9.10. The number of ether oxygens (including phenoxy) is 1. The molecule has 4 heteroatoms. The lowest BCUT2D eigenvalue weighted by atomic mass is 9.77. The molecule has 0 fully saturated rings. The molecule has 1 N–H and O–H groups in total. The Morgan fingerprint density at radius 1 is 1.12 bits per heavy atom. The van der Waals surface area contributed by atoms with Gasteiger partial charge in [0.1, 0.15) is 12.4 Å². The molecule has 5 rings (SSSR count). The normalized spacial score (nSPS) is 20.9. The minimum absolute atomic E-state index is 0.248. The van der Waals surface area contributed by atoms with E-state index in [4.69, 9.17) is 11.2 Å². The fourth-order valence-electron chi connectivity index (χ4n) is 4.62. The lowest BCUT2D eigenvalue weighted by Gasteiger charge is -2.37. The first-order valence-corrected chi connectivity index (χ1v) is 11.5. The predicted octanol–water partition coefficient (Wildman–Crippen LogP) is 7.04. The zero-order chi connectivity index (χ0) is 21.9. The number of nitrogens with one attached hydrogen (secondary N) is 1. The van der Waals surface area contributed by atoms with Crippen molar-refractivity contribution in [1.29, 1.82) is 0 Å². The van der Waals surface area contributed by atoms with Crippen LogP contribution in [0.3, 0.4) is 0 Å². The van der Waals surface area contributed by atoms with Gasteiger partial charge in [0.05, 0.1) is 16.2 Å². The Kier molecular flexibility index (Phi) is 5.83. The van der Waals surface area contributed by atoms with Crippen LogP contribution in [0.4, 0.5) is 11.4 Å². The molecule has 1 aliphatic carbocycles. The Morgan fingerprint density at radius 3 is 2.78 bits per heavy atom. The van der Waals surface area contributed by atoms with Gasteiger partial charge in [-0.15, -0.1) is 6.42 Å². The molecule has 0 amide bonds. The van der Waals surface area contributed by atoms with Gasteiger partial charge in [-0.2, -0.15) is 0 Å². The Labute approximate surface area is 197 Å². The van der Waals surface area contributed by atoms with Gasteiger partial charge >= 0.3 is 0 Å². The average molecular weight is 483 g/mol. The largest absolute Gasteiger partial charge is 0.480 e. The summed E-state index contributed by atoms with van der Waals surface area (Å²) in [6, 6.07) is 23.4. The first-order valence-electron chi connectivity index (χ1n) is 10.7. The molecule has 0 saturated heterocycles. The van der Waals surface area contributed by atoms with E-state index in [-0.39, 0.29) is 6.61 Å². The van der Waals surface area contributed by atoms with E-state index in [0.29, 0.717) is 17.9 Å². The molecule has 3 aromatic carbocycles. The highest BCUT2D eigenvalue weighted by Crippen LogP contribution is 2.49. The van der Waals surface area contributed by atoms with Crippen LogP contribution in [-0.2, 0) is 0 Å². The molecule has 32 heavy (non-hydrogen) atoms. The zero-order valence-electron chi connectivity index (χ0n) is 17.5. The number of halogens is 1. The van der Waals surface area contributed by atoms with Crippen molar-refractivity contribution in [3.05, 3.63) is 100 Å². The molecular weight excluding hydrogens is 460 g/mol. The Balaban J connectivity index is 1.32. The molecule has 3 nitrogen and oxygen atoms in total. The maximum atomic E-state index is 5.49. The van der Waals surface area contributed by atoms with Gasteiger partial charge in [-0.05, 0) is 81.4 Å². The quantitative estimate of drug-likeness (QED) is 0.240. The van der Waals surface area contributed by atoms with Crippen molar-refractivity contribution in [2.75, 3.05) is 11.9 Å². The standard InChI is InChI=1S/C28H23BrN2O/c1-2-16-32-27-15-10-19(17-25(27)29)18-30-21-13-11-20(12-14-21)28-24-8-5-7-22(24)23-6-3-4-9-26(23)31-28/h1,3-7,9-15,17-18,22,24,28,31H,8,16H2/t22-,24+,28+/m1/s1. The van der Waals surface area contributed by atoms with Crippen LogP contribution >= 0.6 is 15.9 Å². The number of hydrogen-bond acceptors (Lipinski definition) is 3. The van der Waals surface area contributed by atoms with Gasteiger partial charge in [0.15, 0.2) is 0 Å². The SMILES string of the molecule is C#CCOc1ccc(C=Nc2ccc([C@@H]3Nc4ccccc4[C@H]4C=CC[C@@H]43)cc2)cc1Br. The van der Waals surface area contributed by atoms with Crippen molar-refractivity contribution in [3.63, 3.8) is 0 Å². The van der Waals surface area contributed by atoms with Crippen molar-refractivity contribution < 1.29 is 4.74 Å². The summed E-state index contributed by atoms with van der Waals surface area (Å²) in [5, 5.41) is 3.78. The number of nitrogens with zero attached hydrogens (tertiary/aromatic N) is 1. The van der Waals surface area contributed by atoms with E-state index in [1.165, 1.54) is 16.8 Å². The molecule has 158 valence electrons. The molecule has 0 bridgehead atoms. The van der Waals surface area contributed by atoms with Crippen LogP contribution in [0.2, 0.25) is 0 Å². The molecule has 0 unspecified atom stereocenters. The molecule has 0 radical (unpaired) electrons. The number of aliphatic imine (C=N–C) groups is 1. The number of anilines is 1. The number of rotatable bonds is 5. The Bertz CT molecular complexity index is 1220. The summed E-state index contributed by atoms with van der Waals surface area (Å²) < 4.78 is 6.35. The first-order chi connectivity index (χ1) is 15.7. The van der Waals surface area contributed by atoms with E-state index in [1.54, 1.807) is 0 Å². The number of hydrogen-bond donors (Lipinski definition) is 1. The third-order valence-electron chi connectivity index (χ3n) is 6.15. The average Bonchev–Trinajstić information content (AvgIpc) is 3.32. The highest BCUT2D eigenvalue weighted by Gasteiger charge is 2.37. The molecule has 0 spiro atoms. The maximum Gasteiger partial charge on any atom is 0.148 e. The molecule has 1 heterocycles. The predicted molar refractivity (Wildman–Crippen MR) is 135 cm³/mol. The number of terminal acetylenes is 1. The number of fused-ring (bicyclic) bond motifs is 3. The van der Waals surface area contributed by atoms with Gasteiger partial charge < -0.3 is 10.1 Å². The minimum atomic E-state index is 0.248. The second-order valence-corrected chi connectivity index (χ2v) is 8.95. The molecule has 1 aliphatic heterocycles. The van der Waals surface area contributed by atoms with E-state index in [9.17, 15) is 0 Å². The molecule has 0 aromatic heterocycles. The first kappa shape index (κ1) is 20.6. The highest BCUT2D eigenvalue weighted by atomic mass is 79.9. The second-order valence-electron chi connectivity index (χ2n) is 8.10. The van der Waals surface area contributed by atoms with Gasteiger partial charge in [-0.25, -0.2) is 0 Å². The Hall–Kier alpha value is -3.29. The van der Waals surface area contributed by atoms with Crippen molar-refractivity contribution in [2.45, 2.75) is 18.4 Å². The third-order valence-corrected chi connectivity index (χ3v) is 6.77. The Morgan fingerprint density at radius 2 is 1.97 bits per heavy atom. The summed E-state index contributed by atoms with van der Waals surface area (Å²) in [5.74, 6) is 4.24. The van der Waals surface area contributed by atoms with E-state index in [2.05, 4.69) is 92.8 Å². The molecule has 0 saturated carbocycles. The molecular formula is C28H23BrN2O. The lowest BCUT2D eigenvalue weighted by molar-refractivity contribution is 0.368. The van der Waals surface area contributed by atoms with Gasteiger partial charge in [-0.1, -0.05) is 48.4 Å².